The minimum Gasteiger partial charge on any atom is -0.493 e. The molecular formula is C13H17F3N2O3. The van der Waals surface area contributed by atoms with E-state index >= 15 is 0 Å². The zero-order valence-electron chi connectivity index (χ0n) is 11.9. The van der Waals surface area contributed by atoms with Crippen LogP contribution in [0.4, 0.5) is 18.9 Å². The largest absolute Gasteiger partial charge is 0.493 e. The van der Waals surface area contributed by atoms with Gasteiger partial charge in [-0.15, -0.1) is 0 Å². The number of alkyl halides is 3. The van der Waals surface area contributed by atoms with E-state index in [0.717, 1.165) is 0 Å². The van der Waals surface area contributed by atoms with E-state index in [0.29, 0.717) is 0 Å². The molecule has 1 amide bonds. The summed E-state index contributed by atoms with van der Waals surface area (Å²) < 4.78 is 46.2. The molecule has 0 atom stereocenters. The second-order valence-electron chi connectivity index (χ2n) is 4.95. The number of carbonyl (C=O) groups excluding carboxylic acids is 1. The third-order valence-electron chi connectivity index (χ3n) is 2.40. The lowest BCUT2D eigenvalue weighted by molar-refractivity contribution is -0.153. The van der Waals surface area contributed by atoms with Gasteiger partial charge < -0.3 is 20.5 Å². The molecule has 0 spiro atoms. The summed E-state index contributed by atoms with van der Waals surface area (Å²) in [6, 6.07) is 4.11. The average molecular weight is 306 g/mol. The van der Waals surface area contributed by atoms with Crippen LogP contribution in [-0.4, -0.2) is 31.3 Å². The molecule has 21 heavy (non-hydrogen) atoms. The first-order valence-electron chi connectivity index (χ1n) is 6.01. The Kier molecular flexibility index (Phi) is 5.06. The maximum absolute atomic E-state index is 12.2. The lowest BCUT2D eigenvalue weighted by atomic mass is 10.1. The number of hydrogen-bond donors (Lipinski definition) is 2. The standard InChI is InChI=1S/C13H17F3N2O3/c1-12(2,17)11(19)18-8-4-5-9(20-3)10(6-8)21-7-13(14,15)16/h4-6H,7,17H2,1-3H3,(H,18,19). The third-order valence-corrected chi connectivity index (χ3v) is 2.40. The maximum Gasteiger partial charge on any atom is 0.422 e. The van der Waals surface area contributed by atoms with Gasteiger partial charge in [0, 0.05) is 11.8 Å². The number of halogens is 3. The third kappa shape index (κ3) is 5.50. The van der Waals surface area contributed by atoms with Gasteiger partial charge in [-0.3, -0.25) is 4.79 Å². The van der Waals surface area contributed by atoms with Gasteiger partial charge in [-0.05, 0) is 26.0 Å². The molecule has 5 nitrogen and oxygen atoms in total. The average Bonchev–Trinajstić information content (AvgIpc) is 2.34. The van der Waals surface area contributed by atoms with Gasteiger partial charge in [0.05, 0.1) is 12.6 Å². The van der Waals surface area contributed by atoms with Gasteiger partial charge in [0.15, 0.2) is 18.1 Å². The molecule has 1 rings (SSSR count). The first-order chi connectivity index (χ1) is 9.53. The van der Waals surface area contributed by atoms with E-state index in [-0.39, 0.29) is 17.2 Å². The Bertz CT molecular complexity index is 510. The summed E-state index contributed by atoms with van der Waals surface area (Å²) in [4.78, 5) is 11.7. The summed E-state index contributed by atoms with van der Waals surface area (Å²) >= 11 is 0. The predicted molar refractivity (Wildman–Crippen MR) is 71.4 cm³/mol. The summed E-state index contributed by atoms with van der Waals surface area (Å²) in [5.41, 5.74) is 4.76. The highest BCUT2D eigenvalue weighted by Gasteiger charge is 2.29. The zero-order chi connectivity index (χ0) is 16.3. The lowest BCUT2D eigenvalue weighted by Crippen LogP contribution is -2.45. The van der Waals surface area contributed by atoms with E-state index in [1.807, 2.05) is 0 Å². The van der Waals surface area contributed by atoms with Gasteiger partial charge in [-0.1, -0.05) is 0 Å². The van der Waals surface area contributed by atoms with Crippen LogP contribution in [0.25, 0.3) is 0 Å². The van der Waals surface area contributed by atoms with Crippen LogP contribution in [0.2, 0.25) is 0 Å². The smallest absolute Gasteiger partial charge is 0.422 e. The molecule has 0 aliphatic rings. The van der Waals surface area contributed by atoms with Gasteiger partial charge in [-0.2, -0.15) is 13.2 Å². The molecule has 0 radical (unpaired) electrons. The van der Waals surface area contributed by atoms with Gasteiger partial charge in [-0.25, -0.2) is 0 Å². The summed E-state index contributed by atoms with van der Waals surface area (Å²) in [5, 5.41) is 2.49. The molecule has 0 saturated carbocycles. The topological polar surface area (TPSA) is 73.6 Å². The number of nitrogens with one attached hydrogen (secondary N) is 1. The number of benzene rings is 1. The Balaban J connectivity index is 2.92. The first-order valence-corrected chi connectivity index (χ1v) is 6.01. The number of nitrogens with two attached hydrogens (primary N) is 1. The molecule has 0 saturated heterocycles. The van der Waals surface area contributed by atoms with Gasteiger partial charge >= 0.3 is 6.18 Å². The van der Waals surface area contributed by atoms with Crippen LogP contribution in [0.15, 0.2) is 18.2 Å². The van der Waals surface area contributed by atoms with E-state index in [9.17, 15) is 18.0 Å². The number of hydrogen-bond acceptors (Lipinski definition) is 4. The Morgan fingerprint density at radius 1 is 1.29 bits per heavy atom. The second-order valence-corrected chi connectivity index (χ2v) is 4.95. The van der Waals surface area contributed by atoms with E-state index in [2.05, 4.69) is 10.1 Å². The highest BCUT2D eigenvalue weighted by Crippen LogP contribution is 2.31. The molecule has 1 aromatic rings. The molecule has 0 unspecified atom stereocenters. The van der Waals surface area contributed by atoms with Crippen molar-refractivity contribution in [3.05, 3.63) is 18.2 Å². The zero-order valence-corrected chi connectivity index (χ0v) is 11.9. The number of ether oxygens (including phenoxy) is 2. The normalized spacial score (nSPS) is 12.0. The van der Waals surface area contributed by atoms with Gasteiger partial charge in [0.2, 0.25) is 5.91 Å². The minimum absolute atomic E-state index is 0.123. The van der Waals surface area contributed by atoms with Gasteiger partial charge in [0.25, 0.3) is 0 Å². The van der Waals surface area contributed by atoms with Crippen molar-refractivity contribution in [1.82, 2.24) is 0 Å². The Labute approximate surface area is 120 Å². The summed E-state index contributed by atoms with van der Waals surface area (Å²) in [6.45, 7) is 1.56. The Hall–Kier alpha value is -1.96. The molecule has 0 aliphatic heterocycles. The monoisotopic (exact) mass is 306 g/mol. The number of amides is 1. The Morgan fingerprint density at radius 2 is 1.90 bits per heavy atom. The summed E-state index contributed by atoms with van der Waals surface area (Å²) in [6.07, 6.45) is -4.47. The van der Waals surface area contributed by atoms with E-state index in [1.54, 1.807) is 0 Å². The van der Waals surface area contributed by atoms with Crippen LogP contribution in [0.3, 0.4) is 0 Å². The molecule has 8 heteroatoms. The van der Waals surface area contributed by atoms with Crippen molar-refractivity contribution < 1.29 is 27.4 Å². The van der Waals surface area contributed by atoms with Crippen molar-refractivity contribution >= 4 is 11.6 Å². The molecule has 3 N–H and O–H groups in total. The molecule has 0 aromatic heterocycles. The highest BCUT2D eigenvalue weighted by molar-refractivity contribution is 5.97. The molecule has 118 valence electrons. The van der Waals surface area contributed by atoms with E-state index < -0.39 is 24.2 Å². The molecule has 0 fully saturated rings. The SMILES string of the molecule is COc1ccc(NC(=O)C(C)(C)N)cc1OCC(F)(F)F. The van der Waals surface area contributed by atoms with Crippen LogP contribution >= 0.6 is 0 Å². The fourth-order valence-corrected chi connectivity index (χ4v) is 1.32. The van der Waals surface area contributed by atoms with Crippen molar-refractivity contribution in [2.24, 2.45) is 5.73 Å². The number of carbonyl (C=O) groups is 1. The molecule has 0 aliphatic carbocycles. The van der Waals surface area contributed by atoms with Crippen LogP contribution in [0.1, 0.15) is 13.8 Å². The number of anilines is 1. The van der Waals surface area contributed by atoms with E-state index in [4.69, 9.17) is 10.5 Å². The van der Waals surface area contributed by atoms with Crippen LogP contribution in [0.5, 0.6) is 11.5 Å². The van der Waals surface area contributed by atoms with E-state index in [1.165, 1.54) is 39.2 Å². The van der Waals surface area contributed by atoms with Crippen LogP contribution in [0, 0.1) is 0 Å². The molecule has 0 bridgehead atoms. The van der Waals surface area contributed by atoms with Crippen molar-refractivity contribution in [3.8, 4) is 11.5 Å². The number of rotatable bonds is 5. The summed E-state index contributed by atoms with van der Waals surface area (Å²) in [7, 11) is 1.30. The lowest BCUT2D eigenvalue weighted by Gasteiger charge is -2.19. The van der Waals surface area contributed by atoms with Crippen molar-refractivity contribution in [3.63, 3.8) is 0 Å². The molecule has 1 aromatic carbocycles. The van der Waals surface area contributed by atoms with Crippen LogP contribution < -0.4 is 20.5 Å². The molecule has 0 heterocycles. The first kappa shape index (κ1) is 17.1. The highest BCUT2D eigenvalue weighted by atomic mass is 19.4. The maximum atomic E-state index is 12.2. The predicted octanol–water partition coefficient (Wildman–Crippen LogP) is 2.31. The van der Waals surface area contributed by atoms with Crippen molar-refractivity contribution in [2.75, 3.05) is 19.0 Å². The Morgan fingerprint density at radius 3 is 2.38 bits per heavy atom. The fraction of sp³-hybridized carbons (Fsp3) is 0.462. The van der Waals surface area contributed by atoms with Crippen molar-refractivity contribution in [2.45, 2.75) is 25.6 Å². The van der Waals surface area contributed by atoms with Crippen molar-refractivity contribution in [1.29, 1.82) is 0 Å². The van der Waals surface area contributed by atoms with Gasteiger partial charge in [0.1, 0.15) is 0 Å². The molecular weight excluding hydrogens is 289 g/mol. The minimum atomic E-state index is -4.47. The fourth-order valence-electron chi connectivity index (χ4n) is 1.32. The van der Waals surface area contributed by atoms with Crippen LogP contribution in [-0.2, 0) is 4.79 Å². The quantitative estimate of drug-likeness (QED) is 0.875. The number of methoxy groups -OCH3 is 1. The summed E-state index contributed by atoms with van der Waals surface area (Å²) in [5.74, 6) is -0.471. The second kappa shape index (κ2) is 6.21.